The van der Waals surface area contributed by atoms with E-state index in [-0.39, 0.29) is 5.69 Å². The van der Waals surface area contributed by atoms with Gasteiger partial charge in [0, 0.05) is 12.6 Å². The molecule has 1 aliphatic heterocycles. The molecule has 7 heteroatoms. The number of nitrogens with zero attached hydrogens (tertiary/aromatic N) is 2. The summed E-state index contributed by atoms with van der Waals surface area (Å²) in [4.78, 5) is 11.2. The number of aromatic carboxylic acids is 1. The molecule has 1 N–H and O–H groups in total. The van der Waals surface area contributed by atoms with Crippen LogP contribution in [0.1, 0.15) is 10.5 Å². The summed E-state index contributed by atoms with van der Waals surface area (Å²) in [5.74, 6) is 0.296. The van der Waals surface area contributed by atoms with E-state index in [1.54, 1.807) is 19.2 Å². The molecule has 1 aliphatic rings. The lowest BCUT2D eigenvalue weighted by molar-refractivity contribution is 0.0684. The lowest BCUT2D eigenvalue weighted by Gasteiger charge is -2.18. The third-order valence-electron chi connectivity index (χ3n) is 3.01. The zero-order valence-corrected chi connectivity index (χ0v) is 12.2. The van der Waals surface area contributed by atoms with Crippen LogP contribution in [0.5, 0.6) is 11.5 Å². The van der Waals surface area contributed by atoms with Gasteiger partial charge in [0.05, 0.1) is 4.47 Å². The van der Waals surface area contributed by atoms with Crippen molar-refractivity contribution in [3.05, 3.63) is 28.4 Å². The summed E-state index contributed by atoms with van der Waals surface area (Å²) in [6.07, 6.45) is 0. The van der Waals surface area contributed by atoms with E-state index in [0.717, 1.165) is 5.56 Å². The zero-order valence-electron chi connectivity index (χ0n) is 10.6. The largest absolute Gasteiger partial charge is 0.486 e. The number of aromatic nitrogens is 2. The van der Waals surface area contributed by atoms with Gasteiger partial charge in [-0.2, -0.15) is 5.10 Å². The molecule has 2 heterocycles. The molecule has 104 valence electrons. The highest BCUT2D eigenvalue weighted by atomic mass is 79.9. The lowest BCUT2D eigenvalue weighted by atomic mass is 10.1. The highest BCUT2D eigenvalue weighted by Crippen LogP contribution is 2.37. The van der Waals surface area contributed by atoms with Crippen LogP contribution in [-0.2, 0) is 7.05 Å². The number of benzene rings is 1. The first-order valence-electron chi connectivity index (χ1n) is 5.93. The number of fused-ring (bicyclic) bond motifs is 1. The Morgan fingerprint density at radius 2 is 2.05 bits per heavy atom. The normalized spacial score (nSPS) is 13.3. The van der Waals surface area contributed by atoms with Crippen molar-refractivity contribution in [2.75, 3.05) is 13.2 Å². The molecule has 0 saturated carbocycles. The predicted octanol–water partition coefficient (Wildman–Crippen LogP) is 2.32. The number of hydrogen-bond donors (Lipinski definition) is 1. The first-order valence-corrected chi connectivity index (χ1v) is 6.73. The van der Waals surface area contributed by atoms with E-state index >= 15 is 0 Å². The molecular formula is C13H11BrN2O4. The molecular weight excluding hydrogens is 328 g/mol. The molecule has 0 spiro atoms. The fourth-order valence-electron chi connectivity index (χ4n) is 2.11. The minimum atomic E-state index is -1.03. The average Bonchev–Trinajstić information content (AvgIpc) is 2.73. The van der Waals surface area contributed by atoms with Gasteiger partial charge < -0.3 is 14.6 Å². The molecule has 0 fully saturated rings. The van der Waals surface area contributed by atoms with E-state index in [2.05, 4.69) is 21.0 Å². The summed E-state index contributed by atoms with van der Waals surface area (Å²) in [7, 11) is 1.59. The van der Waals surface area contributed by atoms with Gasteiger partial charge in [-0.15, -0.1) is 0 Å². The van der Waals surface area contributed by atoms with Crippen molar-refractivity contribution >= 4 is 21.9 Å². The number of hydrogen-bond acceptors (Lipinski definition) is 4. The molecule has 20 heavy (non-hydrogen) atoms. The van der Waals surface area contributed by atoms with E-state index in [4.69, 9.17) is 14.6 Å². The molecule has 0 unspecified atom stereocenters. The molecule has 1 aromatic carbocycles. The van der Waals surface area contributed by atoms with Gasteiger partial charge >= 0.3 is 5.97 Å². The second-order valence-electron chi connectivity index (χ2n) is 4.30. The minimum absolute atomic E-state index is 0.106. The molecule has 0 radical (unpaired) electrons. The number of aryl methyl sites for hydroxylation is 1. The predicted molar refractivity (Wildman–Crippen MR) is 74.3 cm³/mol. The van der Waals surface area contributed by atoms with Crippen molar-refractivity contribution in [3.63, 3.8) is 0 Å². The molecule has 0 aliphatic carbocycles. The van der Waals surface area contributed by atoms with Crippen molar-refractivity contribution in [1.82, 2.24) is 9.78 Å². The Bertz CT molecular complexity index is 696. The minimum Gasteiger partial charge on any atom is -0.486 e. The van der Waals surface area contributed by atoms with Crippen molar-refractivity contribution in [1.29, 1.82) is 0 Å². The van der Waals surface area contributed by atoms with Gasteiger partial charge in [-0.1, -0.05) is 0 Å². The molecule has 0 bridgehead atoms. The van der Waals surface area contributed by atoms with Crippen LogP contribution in [0, 0.1) is 0 Å². The second-order valence-corrected chi connectivity index (χ2v) is 5.09. The maximum absolute atomic E-state index is 11.2. The lowest BCUT2D eigenvalue weighted by Crippen LogP contribution is -2.15. The highest BCUT2D eigenvalue weighted by Gasteiger charge is 2.22. The van der Waals surface area contributed by atoms with Crippen LogP contribution in [-0.4, -0.2) is 34.1 Å². The van der Waals surface area contributed by atoms with Crippen molar-refractivity contribution in [3.8, 4) is 22.8 Å². The van der Waals surface area contributed by atoms with E-state index in [0.29, 0.717) is 34.9 Å². The second kappa shape index (κ2) is 4.82. The Labute approximate surface area is 123 Å². The number of carboxylic acid groups (broad SMARTS) is 1. The number of halogens is 1. The van der Waals surface area contributed by atoms with E-state index < -0.39 is 5.97 Å². The summed E-state index contributed by atoms with van der Waals surface area (Å²) in [5.41, 5.74) is 1.43. The van der Waals surface area contributed by atoms with Crippen LogP contribution in [0.4, 0.5) is 0 Å². The van der Waals surface area contributed by atoms with Gasteiger partial charge in [0.25, 0.3) is 0 Å². The van der Waals surface area contributed by atoms with Crippen LogP contribution < -0.4 is 9.47 Å². The number of carboxylic acids is 1. The fraction of sp³-hybridized carbons (Fsp3) is 0.231. The van der Waals surface area contributed by atoms with Crippen molar-refractivity contribution < 1.29 is 19.4 Å². The molecule has 2 aromatic rings. The summed E-state index contributed by atoms with van der Waals surface area (Å²) in [6, 6.07) is 5.42. The van der Waals surface area contributed by atoms with Crippen LogP contribution in [0.3, 0.4) is 0 Å². The molecule has 1 aromatic heterocycles. The monoisotopic (exact) mass is 338 g/mol. The molecule has 0 atom stereocenters. The van der Waals surface area contributed by atoms with Crippen molar-refractivity contribution in [2.45, 2.75) is 0 Å². The maximum atomic E-state index is 11.2. The topological polar surface area (TPSA) is 73.6 Å². The molecule has 0 amide bonds. The Hall–Kier alpha value is -2.02. The quantitative estimate of drug-likeness (QED) is 0.909. The first kappa shape index (κ1) is 13.0. The van der Waals surface area contributed by atoms with Crippen LogP contribution >= 0.6 is 15.9 Å². The van der Waals surface area contributed by atoms with Gasteiger partial charge in [0.15, 0.2) is 17.2 Å². The van der Waals surface area contributed by atoms with Crippen molar-refractivity contribution in [2.24, 2.45) is 7.05 Å². The first-order chi connectivity index (χ1) is 9.58. The standard InChI is InChI=1S/C13H11BrN2O4/c1-16-12(13(17)18)10(14)11(15-16)7-2-3-8-9(6-7)20-5-4-19-8/h2-3,6H,4-5H2,1H3,(H,17,18). The number of ether oxygens (including phenoxy) is 2. The Kier molecular flexibility index (Phi) is 3.13. The fourth-order valence-corrected chi connectivity index (χ4v) is 2.84. The molecule has 6 nitrogen and oxygen atoms in total. The highest BCUT2D eigenvalue weighted by molar-refractivity contribution is 9.10. The van der Waals surface area contributed by atoms with E-state index in [1.807, 2.05) is 6.07 Å². The van der Waals surface area contributed by atoms with Crippen LogP contribution in [0.25, 0.3) is 11.3 Å². The number of carbonyl (C=O) groups is 1. The SMILES string of the molecule is Cn1nc(-c2ccc3c(c2)OCCO3)c(Br)c1C(=O)O. The third kappa shape index (κ3) is 2.03. The zero-order chi connectivity index (χ0) is 14.3. The van der Waals surface area contributed by atoms with Gasteiger partial charge in [-0.3, -0.25) is 4.68 Å². The summed E-state index contributed by atoms with van der Waals surface area (Å²) in [5, 5.41) is 13.4. The maximum Gasteiger partial charge on any atom is 0.355 e. The third-order valence-corrected chi connectivity index (χ3v) is 3.76. The van der Waals surface area contributed by atoms with Gasteiger partial charge in [0.1, 0.15) is 18.9 Å². The summed E-state index contributed by atoms with van der Waals surface area (Å²) in [6.45, 7) is 1.03. The summed E-state index contributed by atoms with van der Waals surface area (Å²) >= 11 is 3.30. The Balaban J connectivity index is 2.10. The van der Waals surface area contributed by atoms with Gasteiger partial charge in [-0.05, 0) is 34.1 Å². The van der Waals surface area contributed by atoms with Gasteiger partial charge in [0.2, 0.25) is 0 Å². The summed E-state index contributed by atoms with van der Waals surface area (Å²) < 4.78 is 12.8. The Morgan fingerprint density at radius 3 is 2.70 bits per heavy atom. The number of rotatable bonds is 2. The average molecular weight is 339 g/mol. The van der Waals surface area contributed by atoms with E-state index in [1.165, 1.54) is 4.68 Å². The Morgan fingerprint density at radius 1 is 1.35 bits per heavy atom. The van der Waals surface area contributed by atoms with Crippen LogP contribution in [0.2, 0.25) is 0 Å². The molecule has 3 rings (SSSR count). The smallest absolute Gasteiger partial charge is 0.355 e. The van der Waals surface area contributed by atoms with E-state index in [9.17, 15) is 4.79 Å². The van der Waals surface area contributed by atoms with Crippen LogP contribution in [0.15, 0.2) is 22.7 Å². The molecule has 0 saturated heterocycles. The van der Waals surface area contributed by atoms with Gasteiger partial charge in [-0.25, -0.2) is 4.79 Å².